The van der Waals surface area contributed by atoms with Gasteiger partial charge in [0.05, 0.1) is 11.2 Å². The molecule has 2 heterocycles. The Morgan fingerprint density at radius 1 is 1.36 bits per heavy atom. The lowest BCUT2D eigenvalue weighted by Crippen LogP contribution is -2.12. The van der Waals surface area contributed by atoms with Gasteiger partial charge in [0.2, 0.25) is 0 Å². The van der Waals surface area contributed by atoms with Gasteiger partial charge in [0.15, 0.2) is 5.16 Å². The smallest absolute Gasteiger partial charge is 0.186 e. The van der Waals surface area contributed by atoms with Gasteiger partial charge in [-0.2, -0.15) is 5.10 Å². The summed E-state index contributed by atoms with van der Waals surface area (Å²) in [5, 5.41) is 4.84. The van der Waals surface area contributed by atoms with E-state index >= 15 is 0 Å². The van der Waals surface area contributed by atoms with Crippen LogP contribution in [-0.2, 0) is 5.41 Å². The van der Waals surface area contributed by atoms with E-state index in [1.54, 1.807) is 10.7 Å². The Kier molecular flexibility index (Phi) is 2.03. The third-order valence-corrected chi connectivity index (χ3v) is 2.39. The number of imidazole rings is 1. The van der Waals surface area contributed by atoms with Crippen molar-refractivity contribution in [1.29, 1.82) is 0 Å². The van der Waals surface area contributed by atoms with E-state index in [-0.39, 0.29) is 5.41 Å². The van der Waals surface area contributed by atoms with E-state index in [1.165, 1.54) is 0 Å². The fourth-order valence-electron chi connectivity index (χ4n) is 1.47. The van der Waals surface area contributed by atoms with Gasteiger partial charge in [-0.15, -0.1) is 12.6 Å². The molecule has 2 aromatic rings. The molecule has 0 aliphatic rings. The standard InChI is InChI=1S/C10H13N3S/c1-10(2,3)8-7-5-4-6-11-13(7)9(14)12-8/h4-6H,1-3H3,(H,12,14). The SMILES string of the molecule is CC(C)(C)c1nc(S)n2ncccc12. The van der Waals surface area contributed by atoms with Gasteiger partial charge in [-0.3, -0.25) is 0 Å². The molecule has 0 radical (unpaired) electrons. The average molecular weight is 207 g/mol. The molecule has 74 valence electrons. The first-order valence-corrected chi connectivity index (χ1v) is 4.98. The van der Waals surface area contributed by atoms with E-state index in [2.05, 4.69) is 43.5 Å². The second kappa shape index (κ2) is 2.98. The molecule has 0 atom stereocenters. The minimum absolute atomic E-state index is 0.0231. The lowest BCUT2D eigenvalue weighted by Gasteiger charge is -2.15. The van der Waals surface area contributed by atoms with Gasteiger partial charge >= 0.3 is 0 Å². The molecule has 0 aliphatic heterocycles. The molecule has 3 nitrogen and oxygen atoms in total. The van der Waals surface area contributed by atoms with Crippen molar-refractivity contribution >= 4 is 18.1 Å². The maximum absolute atomic E-state index is 4.43. The number of hydrogen-bond acceptors (Lipinski definition) is 3. The number of aromatic nitrogens is 3. The fraction of sp³-hybridized carbons (Fsp3) is 0.400. The largest absolute Gasteiger partial charge is 0.225 e. The Hall–Kier alpha value is -1.03. The highest BCUT2D eigenvalue weighted by Gasteiger charge is 2.21. The molecule has 2 rings (SSSR count). The van der Waals surface area contributed by atoms with Crippen molar-refractivity contribution in [2.24, 2.45) is 0 Å². The third-order valence-electron chi connectivity index (χ3n) is 2.10. The number of hydrogen-bond donors (Lipinski definition) is 1. The van der Waals surface area contributed by atoms with Crippen LogP contribution in [-0.4, -0.2) is 14.6 Å². The molecule has 0 spiro atoms. The average Bonchev–Trinajstić information content (AvgIpc) is 2.44. The Balaban J connectivity index is 2.80. The summed E-state index contributed by atoms with van der Waals surface area (Å²) in [4.78, 5) is 4.43. The number of nitrogens with zero attached hydrogens (tertiary/aromatic N) is 3. The zero-order chi connectivity index (χ0) is 10.3. The summed E-state index contributed by atoms with van der Waals surface area (Å²) in [6, 6.07) is 3.93. The zero-order valence-corrected chi connectivity index (χ0v) is 9.42. The zero-order valence-electron chi connectivity index (χ0n) is 8.52. The van der Waals surface area contributed by atoms with Crippen molar-refractivity contribution in [3.8, 4) is 0 Å². The van der Waals surface area contributed by atoms with Crippen LogP contribution in [0.1, 0.15) is 26.5 Å². The molecule has 0 saturated heterocycles. The minimum Gasteiger partial charge on any atom is -0.225 e. The van der Waals surface area contributed by atoms with Crippen LogP contribution in [0.3, 0.4) is 0 Å². The Bertz CT molecular complexity index is 468. The summed E-state index contributed by atoms with van der Waals surface area (Å²) in [7, 11) is 0. The van der Waals surface area contributed by atoms with Crippen molar-refractivity contribution in [3.63, 3.8) is 0 Å². The molecule has 0 bridgehead atoms. The van der Waals surface area contributed by atoms with Gasteiger partial charge in [-0.1, -0.05) is 20.8 Å². The lowest BCUT2D eigenvalue weighted by atomic mass is 9.91. The van der Waals surface area contributed by atoms with Crippen molar-refractivity contribution in [3.05, 3.63) is 24.0 Å². The van der Waals surface area contributed by atoms with Crippen molar-refractivity contribution in [2.75, 3.05) is 0 Å². The molecule has 2 aromatic heterocycles. The fourth-order valence-corrected chi connectivity index (χ4v) is 1.73. The van der Waals surface area contributed by atoms with E-state index in [4.69, 9.17) is 0 Å². The van der Waals surface area contributed by atoms with Crippen LogP contribution in [0, 0.1) is 0 Å². The van der Waals surface area contributed by atoms with Crippen LogP contribution in [0.2, 0.25) is 0 Å². The predicted octanol–water partition coefficient (Wildman–Crippen LogP) is 2.32. The first-order valence-electron chi connectivity index (χ1n) is 4.53. The predicted molar refractivity (Wildman–Crippen MR) is 58.9 cm³/mol. The number of fused-ring (bicyclic) bond motifs is 1. The summed E-state index contributed by atoms with van der Waals surface area (Å²) < 4.78 is 1.75. The summed E-state index contributed by atoms with van der Waals surface area (Å²) in [6.45, 7) is 6.40. The molecular formula is C10H13N3S. The topological polar surface area (TPSA) is 30.2 Å². The Morgan fingerprint density at radius 3 is 2.71 bits per heavy atom. The van der Waals surface area contributed by atoms with Gasteiger partial charge in [0.1, 0.15) is 0 Å². The highest BCUT2D eigenvalue weighted by Crippen LogP contribution is 2.26. The quantitative estimate of drug-likeness (QED) is 0.672. The molecule has 0 unspecified atom stereocenters. The summed E-state index contributed by atoms with van der Waals surface area (Å²) in [5.74, 6) is 0. The first-order chi connectivity index (χ1) is 6.50. The highest BCUT2D eigenvalue weighted by molar-refractivity contribution is 7.80. The van der Waals surface area contributed by atoms with Crippen molar-refractivity contribution in [2.45, 2.75) is 31.3 Å². The van der Waals surface area contributed by atoms with E-state index in [1.807, 2.05) is 12.1 Å². The van der Waals surface area contributed by atoms with E-state index in [9.17, 15) is 0 Å². The molecule has 0 aliphatic carbocycles. The van der Waals surface area contributed by atoms with Crippen LogP contribution < -0.4 is 0 Å². The number of rotatable bonds is 0. The van der Waals surface area contributed by atoms with Crippen LogP contribution in [0.4, 0.5) is 0 Å². The summed E-state index contributed by atoms with van der Waals surface area (Å²) in [6.07, 6.45) is 1.74. The van der Waals surface area contributed by atoms with E-state index in [0.717, 1.165) is 11.2 Å². The van der Waals surface area contributed by atoms with Gasteiger partial charge in [0.25, 0.3) is 0 Å². The van der Waals surface area contributed by atoms with E-state index < -0.39 is 0 Å². The molecule has 0 fully saturated rings. The maximum Gasteiger partial charge on any atom is 0.186 e. The maximum atomic E-state index is 4.43. The molecule has 4 heteroatoms. The Morgan fingerprint density at radius 2 is 2.07 bits per heavy atom. The summed E-state index contributed by atoms with van der Waals surface area (Å²) >= 11 is 4.29. The van der Waals surface area contributed by atoms with Gasteiger partial charge in [0, 0.05) is 11.6 Å². The van der Waals surface area contributed by atoms with Gasteiger partial charge in [-0.25, -0.2) is 9.50 Å². The van der Waals surface area contributed by atoms with Crippen LogP contribution in [0.5, 0.6) is 0 Å². The number of thiol groups is 1. The second-order valence-corrected chi connectivity index (χ2v) is 4.73. The molecule has 0 amide bonds. The summed E-state index contributed by atoms with van der Waals surface area (Å²) in [5.41, 5.74) is 2.09. The first kappa shape index (κ1) is 9.52. The van der Waals surface area contributed by atoms with Gasteiger partial charge < -0.3 is 0 Å². The lowest BCUT2D eigenvalue weighted by molar-refractivity contribution is 0.574. The third kappa shape index (κ3) is 1.39. The molecular weight excluding hydrogens is 194 g/mol. The van der Waals surface area contributed by atoms with Crippen LogP contribution in [0.15, 0.2) is 23.5 Å². The highest BCUT2D eigenvalue weighted by atomic mass is 32.1. The normalized spacial score (nSPS) is 12.3. The monoisotopic (exact) mass is 207 g/mol. The molecule has 0 aromatic carbocycles. The molecule has 0 N–H and O–H groups in total. The van der Waals surface area contributed by atoms with E-state index in [0.29, 0.717) is 5.16 Å². The second-order valence-electron chi connectivity index (χ2n) is 4.33. The van der Waals surface area contributed by atoms with Crippen molar-refractivity contribution in [1.82, 2.24) is 14.6 Å². The molecule has 14 heavy (non-hydrogen) atoms. The van der Waals surface area contributed by atoms with Crippen LogP contribution >= 0.6 is 12.6 Å². The van der Waals surface area contributed by atoms with Crippen molar-refractivity contribution < 1.29 is 0 Å². The molecule has 0 saturated carbocycles. The van der Waals surface area contributed by atoms with Crippen LogP contribution in [0.25, 0.3) is 5.52 Å². The minimum atomic E-state index is 0.0231. The Labute approximate surface area is 88.6 Å². The van der Waals surface area contributed by atoms with Gasteiger partial charge in [-0.05, 0) is 12.1 Å².